The van der Waals surface area contributed by atoms with Crippen molar-refractivity contribution in [2.45, 2.75) is 148 Å². The predicted octanol–water partition coefficient (Wildman–Crippen LogP) is 9.64. The monoisotopic (exact) mass is 514 g/mol. The molecule has 3 nitrogen and oxygen atoms in total. The molecular weight excluding hydrogens is 460 g/mol. The molecule has 3 atom stereocenters. The number of ether oxygens (including phenoxy) is 1. The first-order valence-electron chi connectivity index (χ1n) is 14.6. The van der Waals surface area contributed by atoms with Crippen molar-refractivity contribution in [3.8, 4) is 11.5 Å². The highest BCUT2D eigenvalue weighted by Crippen LogP contribution is 2.56. The van der Waals surface area contributed by atoms with E-state index in [0.29, 0.717) is 11.8 Å². The van der Waals surface area contributed by atoms with Crippen molar-refractivity contribution in [2.75, 3.05) is 0 Å². The average molecular weight is 515 g/mol. The van der Waals surface area contributed by atoms with Gasteiger partial charge in [0.05, 0.1) is 5.60 Å². The second-order valence-electron chi connectivity index (χ2n) is 13.7. The summed E-state index contributed by atoms with van der Waals surface area (Å²) in [6, 6.07) is 4.39. The summed E-state index contributed by atoms with van der Waals surface area (Å²) in [6.07, 6.45) is 11.6. The SMILES string of the molecule is CCCCCCC(O)(CCC)c1cc2c(c(O[Si](C)(C)C(C)(C)C)c1)[C@@H]1CC(C)=CCC1C(C)(C)O2. The lowest BCUT2D eigenvalue weighted by atomic mass is 9.67. The number of benzene rings is 1. The maximum absolute atomic E-state index is 12.1. The van der Waals surface area contributed by atoms with Crippen molar-refractivity contribution >= 4 is 8.32 Å². The van der Waals surface area contributed by atoms with Crippen LogP contribution in [0.5, 0.6) is 11.5 Å². The zero-order valence-electron chi connectivity index (χ0n) is 25.0. The van der Waals surface area contributed by atoms with Crippen LogP contribution in [-0.4, -0.2) is 19.0 Å². The number of rotatable bonds is 10. The van der Waals surface area contributed by atoms with Crippen LogP contribution in [-0.2, 0) is 5.60 Å². The maximum atomic E-state index is 12.1. The highest BCUT2D eigenvalue weighted by molar-refractivity contribution is 6.74. The molecule has 0 fully saturated rings. The molecule has 2 aliphatic rings. The minimum Gasteiger partial charge on any atom is -0.543 e. The van der Waals surface area contributed by atoms with E-state index in [1.54, 1.807) is 0 Å². The second kappa shape index (κ2) is 10.8. The van der Waals surface area contributed by atoms with Crippen LogP contribution in [0.4, 0.5) is 0 Å². The van der Waals surface area contributed by atoms with Crippen LogP contribution in [0, 0.1) is 5.92 Å². The molecular formula is C32H54O3Si. The van der Waals surface area contributed by atoms with Crippen LogP contribution < -0.4 is 9.16 Å². The number of hydrogen-bond donors (Lipinski definition) is 1. The Morgan fingerprint density at radius 2 is 1.75 bits per heavy atom. The minimum absolute atomic E-state index is 0.0896. The third-order valence-electron chi connectivity index (χ3n) is 9.30. The van der Waals surface area contributed by atoms with Crippen molar-refractivity contribution in [1.29, 1.82) is 0 Å². The van der Waals surface area contributed by atoms with E-state index in [1.807, 2.05) is 0 Å². The topological polar surface area (TPSA) is 38.7 Å². The third-order valence-corrected chi connectivity index (χ3v) is 13.6. The van der Waals surface area contributed by atoms with Crippen LogP contribution in [0.25, 0.3) is 0 Å². The molecule has 1 aliphatic heterocycles. The van der Waals surface area contributed by atoms with Gasteiger partial charge in [-0.3, -0.25) is 0 Å². The zero-order chi connectivity index (χ0) is 26.9. The van der Waals surface area contributed by atoms with E-state index in [4.69, 9.17) is 9.16 Å². The summed E-state index contributed by atoms with van der Waals surface area (Å²) in [4.78, 5) is 0. The van der Waals surface area contributed by atoms with E-state index >= 15 is 0 Å². The molecule has 0 spiro atoms. The van der Waals surface area contributed by atoms with Crippen molar-refractivity contribution in [3.63, 3.8) is 0 Å². The number of aliphatic hydroxyl groups is 1. The Morgan fingerprint density at radius 1 is 1.06 bits per heavy atom. The Labute approximate surface area is 223 Å². The van der Waals surface area contributed by atoms with Crippen molar-refractivity contribution in [1.82, 2.24) is 0 Å². The second-order valence-corrected chi connectivity index (χ2v) is 18.5. The molecule has 0 bridgehead atoms. The van der Waals surface area contributed by atoms with Gasteiger partial charge in [-0.1, -0.05) is 78.4 Å². The first-order chi connectivity index (χ1) is 16.6. The van der Waals surface area contributed by atoms with Gasteiger partial charge in [-0.15, -0.1) is 0 Å². The van der Waals surface area contributed by atoms with Crippen LogP contribution >= 0.6 is 0 Å². The van der Waals surface area contributed by atoms with Crippen molar-refractivity contribution in [3.05, 3.63) is 34.9 Å². The van der Waals surface area contributed by atoms with Crippen LogP contribution in [0.3, 0.4) is 0 Å². The lowest BCUT2D eigenvalue weighted by Crippen LogP contribution is -2.47. The summed E-state index contributed by atoms with van der Waals surface area (Å²) >= 11 is 0. The van der Waals surface area contributed by atoms with Gasteiger partial charge in [0.15, 0.2) is 0 Å². The van der Waals surface area contributed by atoms with E-state index in [9.17, 15) is 5.11 Å². The molecule has 1 aliphatic carbocycles. The minimum atomic E-state index is -2.10. The summed E-state index contributed by atoms with van der Waals surface area (Å²) in [5, 5.41) is 12.2. The van der Waals surface area contributed by atoms with Gasteiger partial charge >= 0.3 is 0 Å². The van der Waals surface area contributed by atoms with E-state index in [0.717, 1.165) is 55.6 Å². The molecule has 0 aromatic heterocycles. The third kappa shape index (κ3) is 6.06. The number of allylic oxidation sites excluding steroid dienone is 2. The maximum Gasteiger partial charge on any atom is 0.250 e. The molecule has 2 unspecified atom stereocenters. The molecule has 204 valence electrons. The summed E-state index contributed by atoms with van der Waals surface area (Å²) in [7, 11) is -2.10. The summed E-state index contributed by atoms with van der Waals surface area (Å²) < 4.78 is 13.9. The summed E-state index contributed by atoms with van der Waals surface area (Å²) in [6.45, 7) is 22.7. The Kier molecular flexibility index (Phi) is 8.83. The number of hydrogen-bond acceptors (Lipinski definition) is 3. The summed E-state index contributed by atoms with van der Waals surface area (Å²) in [5.74, 6) is 2.71. The van der Waals surface area contributed by atoms with Gasteiger partial charge in [0, 0.05) is 17.4 Å². The summed E-state index contributed by atoms with van der Waals surface area (Å²) in [5.41, 5.74) is 2.57. The van der Waals surface area contributed by atoms with Crippen LogP contribution in [0.1, 0.15) is 130 Å². The lowest BCUT2D eigenvalue weighted by molar-refractivity contribution is 0.00230. The number of unbranched alkanes of at least 4 members (excludes halogenated alkanes) is 3. The van der Waals surface area contributed by atoms with E-state index in [2.05, 4.69) is 86.7 Å². The van der Waals surface area contributed by atoms with Gasteiger partial charge in [-0.25, -0.2) is 0 Å². The van der Waals surface area contributed by atoms with Gasteiger partial charge in [-0.2, -0.15) is 0 Å². The molecule has 1 N–H and O–H groups in total. The molecule has 0 saturated carbocycles. The van der Waals surface area contributed by atoms with E-state index < -0.39 is 13.9 Å². The fraction of sp³-hybridized carbons (Fsp3) is 0.750. The Morgan fingerprint density at radius 3 is 2.36 bits per heavy atom. The number of fused-ring (bicyclic) bond motifs is 3. The molecule has 3 rings (SSSR count). The molecule has 1 aromatic carbocycles. The largest absolute Gasteiger partial charge is 0.543 e. The molecule has 1 aromatic rings. The standard InChI is InChI=1S/C32H54O3Si/c1-11-13-14-15-19-32(33,18-12-2)24-21-27-29(28(22-24)35-36(9,10)30(4,5)6)25-20-23(3)16-17-26(25)31(7,8)34-27/h16,21-22,25-26,33H,11-15,17-20H2,1-10H3/t25-,26?,32?/m1/s1. The highest BCUT2D eigenvalue weighted by atomic mass is 28.4. The van der Waals surface area contributed by atoms with Crippen molar-refractivity contribution < 1.29 is 14.3 Å². The quantitative estimate of drug-likeness (QED) is 0.192. The molecule has 1 heterocycles. The molecule has 0 radical (unpaired) electrons. The Hall–Kier alpha value is -1.26. The van der Waals surface area contributed by atoms with Crippen molar-refractivity contribution in [2.24, 2.45) is 5.92 Å². The first-order valence-corrected chi connectivity index (χ1v) is 17.5. The predicted molar refractivity (Wildman–Crippen MR) is 156 cm³/mol. The molecule has 36 heavy (non-hydrogen) atoms. The lowest BCUT2D eigenvalue weighted by Gasteiger charge is -2.48. The van der Waals surface area contributed by atoms with E-state index in [1.165, 1.54) is 30.4 Å². The van der Waals surface area contributed by atoms with Gasteiger partial charge in [-0.05, 0) is 82.3 Å². The van der Waals surface area contributed by atoms with Gasteiger partial charge in [0.1, 0.15) is 17.1 Å². The fourth-order valence-corrected chi connectivity index (χ4v) is 7.02. The first kappa shape index (κ1) is 29.3. The highest BCUT2D eigenvalue weighted by Gasteiger charge is 2.48. The molecule has 0 saturated heterocycles. The smallest absolute Gasteiger partial charge is 0.250 e. The Bertz CT molecular complexity index is 939. The van der Waals surface area contributed by atoms with Gasteiger partial charge in [0.2, 0.25) is 8.32 Å². The van der Waals surface area contributed by atoms with E-state index in [-0.39, 0.29) is 10.6 Å². The average Bonchev–Trinajstić information content (AvgIpc) is 2.75. The molecule has 4 heteroatoms. The fourth-order valence-electron chi connectivity index (χ4n) is 6.00. The van der Waals surface area contributed by atoms with Crippen LogP contribution in [0.15, 0.2) is 23.8 Å². The normalized spacial score (nSPS) is 23.1. The Balaban J connectivity index is 2.17. The van der Waals surface area contributed by atoms with Gasteiger partial charge < -0.3 is 14.3 Å². The molecule has 0 amide bonds. The zero-order valence-corrected chi connectivity index (χ0v) is 26.0. The van der Waals surface area contributed by atoms with Gasteiger partial charge in [0.25, 0.3) is 0 Å². The van der Waals surface area contributed by atoms with Crippen LogP contribution in [0.2, 0.25) is 18.1 Å².